The van der Waals surface area contributed by atoms with Gasteiger partial charge in [-0.05, 0) is 18.2 Å². The molecule has 1 aliphatic rings. The van der Waals surface area contributed by atoms with Gasteiger partial charge in [0.15, 0.2) is 0 Å². The average Bonchev–Trinajstić information content (AvgIpc) is 2.69. The topological polar surface area (TPSA) is 16.1 Å². The first-order valence-electron chi connectivity index (χ1n) is 5.25. The van der Waals surface area contributed by atoms with Gasteiger partial charge < -0.3 is 4.90 Å². The van der Waals surface area contributed by atoms with E-state index in [4.69, 9.17) is 0 Å². The number of para-hydroxylation sites is 1. The fourth-order valence-electron chi connectivity index (χ4n) is 1.99. The van der Waals surface area contributed by atoms with Crippen molar-refractivity contribution < 1.29 is 0 Å². The van der Waals surface area contributed by atoms with Crippen molar-refractivity contribution in [1.82, 2.24) is 4.98 Å². The van der Waals surface area contributed by atoms with Crippen LogP contribution in [0.5, 0.6) is 0 Å². The van der Waals surface area contributed by atoms with Crippen LogP contribution in [-0.2, 0) is 0 Å². The summed E-state index contributed by atoms with van der Waals surface area (Å²) in [6.07, 6.45) is 3.76. The highest BCUT2D eigenvalue weighted by Crippen LogP contribution is 2.49. The van der Waals surface area contributed by atoms with Gasteiger partial charge in [-0.3, -0.25) is 4.98 Å². The van der Waals surface area contributed by atoms with E-state index in [1.807, 2.05) is 30.2 Å². The third-order valence-corrected chi connectivity index (χ3v) is 4.22. The Morgan fingerprint density at radius 2 is 2.06 bits per heavy atom. The lowest BCUT2D eigenvalue weighted by atomic mass is 10.2. The molecule has 0 amide bonds. The Balaban J connectivity index is 1.99. The molecule has 1 unspecified atom stereocenters. The van der Waals surface area contributed by atoms with Gasteiger partial charge in [-0.15, -0.1) is 0 Å². The molecule has 0 aliphatic carbocycles. The van der Waals surface area contributed by atoms with Crippen LogP contribution in [0.2, 0.25) is 0 Å². The summed E-state index contributed by atoms with van der Waals surface area (Å²) in [7, 11) is 2.14. The highest BCUT2D eigenvalue weighted by Gasteiger charge is 2.27. The Labute approximate surface area is 99.3 Å². The lowest BCUT2D eigenvalue weighted by Crippen LogP contribution is -2.17. The molecular weight excluding hydrogens is 216 g/mol. The van der Waals surface area contributed by atoms with Crippen molar-refractivity contribution in [3.05, 3.63) is 54.4 Å². The van der Waals surface area contributed by atoms with E-state index in [-0.39, 0.29) is 0 Å². The number of fused-ring (bicyclic) bond motifs is 1. The van der Waals surface area contributed by atoms with Crippen molar-refractivity contribution in [2.45, 2.75) is 10.3 Å². The van der Waals surface area contributed by atoms with Crippen LogP contribution >= 0.6 is 11.8 Å². The van der Waals surface area contributed by atoms with Crippen LogP contribution in [-0.4, -0.2) is 12.0 Å². The first kappa shape index (κ1) is 9.73. The lowest BCUT2D eigenvalue weighted by Gasteiger charge is -2.21. The summed E-state index contributed by atoms with van der Waals surface area (Å²) in [4.78, 5) is 7.84. The summed E-state index contributed by atoms with van der Waals surface area (Å²) in [5.41, 5.74) is 2.56. The molecular formula is C13H12N2S. The van der Waals surface area contributed by atoms with E-state index in [9.17, 15) is 0 Å². The van der Waals surface area contributed by atoms with Gasteiger partial charge in [0, 0.05) is 29.9 Å². The van der Waals surface area contributed by atoms with Gasteiger partial charge in [0.05, 0.1) is 5.69 Å². The molecule has 0 spiro atoms. The average molecular weight is 228 g/mol. The lowest BCUT2D eigenvalue weighted by molar-refractivity contribution is 0.906. The summed E-state index contributed by atoms with van der Waals surface area (Å²) >= 11 is 1.88. The second-order valence-electron chi connectivity index (χ2n) is 3.84. The van der Waals surface area contributed by atoms with Crippen LogP contribution in [0.3, 0.4) is 0 Å². The van der Waals surface area contributed by atoms with Crippen molar-refractivity contribution in [3.8, 4) is 0 Å². The van der Waals surface area contributed by atoms with Crippen molar-refractivity contribution >= 4 is 17.4 Å². The van der Waals surface area contributed by atoms with Crippen LogP contribution in [0.15, 0.2) is 53.7 Å². The molecule has 0 fully saturated rings. The van der Waals surface area contributed by atoms with Gasteiger partial charge in [0.2, 0.25) is 0 Å². The normalized spacial score (nSPS) is 18.6. The molecule has 1 aromatic carbocycles. The fourth-order valence-corrected chi connectivity index (χ4v) is 3.27. The molecule has 0 saturated heterocycles. The molecule has 2 heterocycles. The van der Waals surface area contributed by atoms with Crippen LogP contribution in [0, 0.1) is 0 Å². The zero-order valence-corrected chi connectivity index (χ0v) is 9.82. The summed E-state index contributed by atoms with van der Waals surface area (Å²) in [6, 6.07) is 12.6. The zero-order chi connectivity index (χ0) is 11.0. The van der Waals surface area contributed by atoms with E-state index in [2.05, 4.69) is 47.3 Å². The van der Waals surface area contributed by atoms with E-state index in [1.165, 1.54) is 16.1 Å². The minimum Gasteiger partial charge on any atom is -0.357 e. The molecule has 1 aliphatic heterocycles. The molecule has 2 nitrogen and oxygen atoms in total. The summed E-state index contributed by atoms with van der Waals surface area (Å²) < 4.78 is 0. The van der Waals surface area contributed by atoms with Crippen molar-refractivity contribution in [3.63, 3.8) is 0 Å². The Morgan fingerprint density at radius 1 is 1.19 bits per heavy atom. The number of pyridine rings is 1. The van der Waals surface area contributed by atoms with E-state index in [1.54, 1.807) is 0 Å². The third-order valence-electron chi connectivity index (χ3n) is 2.81. The van der Waals surface area contributed by atoms with Gasteiger partial charge in [-0.25, -0.2) is 0 Å². The highest BCUT2D eigenvalue weighted by atomic mass is 32.2. The molecule has 0 saturated carbocycles. The van der Waals surface area contributed by atoms with E-state index in [0.717, 1.165) is 0 Å². The van der Waals surface area contributed by atoms with Gasteiger partial charge in [-0.2, -0.15) is 0 Å². The van der Waals surface area contributed by atoms with Gasteiger partial charge >= 0.3 is 0 Å². The molecule has 80 valence electrons. The fraction of sp³-hybridized carbons (Fsp3) is 0.154. The smallest absolute Gasteiger partial charge is 0.106 e. The predicted octanol–water partition coefficient (Wildman–Crippen LogP) is 3.32. The Hall–Kier alpha value is -1.48. The Morgan fingerprint density at radius 3 is 2.81 bits per heavy atom. The van der Waals surface area contributed by atoms with Crippen LogP contribution < -0.4 is 4.90 Å². The number of aromatic nitrogens is 1. The molecule has 0 N–H and O–H groups in total. The zero-order valence-electron chi connectivity index (χ0n) is 9.00. The molecule has 2 aromatic rings. The van der Waals surface area contributed by atoms with Crippen molar-refractivity contribution in [2.75, 3.05) is 11.9 Å². The van der Waals surface area contributed by atoms with E-state index < -0.39 is 0 Å². The van der Waals surface area contributed by atoms with Crippen molar-refractivity contribution in [2.24, 2.45) is 0 Å². The summed E-state index contributed by atoms with van der Waals surface area (Å²) in [6.45, 7) is 0. The minimum absolute atomic E-state index is 0.353. The number of rotatable bonds is 1. The van der Waals surface area contributed by atoms with Crippen LogP contribution in [0.4, 0.5) is 5.69 Å². The minimum atomic E-state index is 0.353. The van der Waals surface area contributed by atoms with Crippen molar-refractivity contribution in [1.29, 1.82) is 0 Å². The second-order valence-corrected chi connectivity index (χ2v) is 4.96. The highest BCUT2D eigenvalue weighted by molar-refractivity contribution is 8.00. The maximum Gasteiger partial charge on any atom is 0.106 e. The van der Waals surface area contributed by atoms with Gasteiger partial charge in [0.25, 0.3) is 0 Å². The molecule has 1 aromatic heterocycles. The molecule has 3 rings (SSSR count). The largest absolute Gasteiger partial charge is 0.357 e. The second kappa shape index (κ2) is 3.83. The number of nitrogens with zero attached hydrogens (tertiary/aromatic N) is 2. The van der Waals surface area contributed by atoms with E-state index in [0.29, 0.717) is 5.37 Å². The quantitative estimate of drug-likeness (QED) is 0.745. The number of hydrogen-bond donors (Lipinski definition) is 0. The predicted molar refractivity (Wildman–Crippen MR) is 67.7 cm³/mol. The SMILES string of the molecule is CN1c2ccccc2SC1c1cccnc1. The summed E-state index contributed by atoms with van der Waals surface area (Å²) in [5.74, 6) is 0. The molecule has 3 heteroatoms. The van der Waals surface area contributed by atoms with Crippen LogP contribution in [0.25, 0.3) is 0 Å². The van der Waals surface area contributed by atoms with Gasteiger partial charge in [-0.1, -0.05) is 30.0 Å². The number of anilines is 1. The Bertz CT molecular complexity index is 498. The molecule has 0 bridgehead atoms. The molecule has 0 radical (unpaired) electrons. The van der Waals surface area contributed by atoms with Crippen LogP contribution in [0.1, 0.15) is 10.9 Å². The van der Waals surface area contributed by atoms with Gasteiger partial charge in [0.1, 0.15) is 5.37 Å². The molecule has 16 heavy (non-hydrogen) atoms. The molecule has 1 atom stereocenters. The number of benzene rings is 1. The maximum absolute atomic E-state index is 4.19. The first-order valence-corrected chi connectivity index (χ1v) is 6.12. The standard InChI is InChI=1S/C13H12N2S/c1-15-11-6-2-3-7-12(11)16-13(15)10-5-4-8-14-9-10/h2-9,13H,1H3. The first-order chi connectivity index (χ1) is 7.86. The Kier molecular flexibility index (Phi) is 2.33. The number of thioether (sulfide) groups is 1. The maximum atomic E-state index is 4.19. The number of hydrogen-bond acceptors (Lipinski definition) is 3. The third kappa shape index (κ3) is 1.48. The van der Waals surface area contributed by atoms with E-state index >= 15 is 0 Å². The monoisotopic (exact) mass is 228 g/mol. The summed E-state index contributed by atoms with van der Waals surface area (Å²) in [5, 5.41) is 0.353.